The molecule has 0 unspecified atom stereocenters. The normalized spacial score (nSPS) is 10.9. The molecular formula is C17H16N. The Hall–Kier alpha value is -2.02. The summed E-state index contributed by atoms with van der Waals surface area (Å²) in [6.07, 6.45) is 5.30. The lowest BCUT2D eigenvalue weighted by Gasteiger charge is -2.02. The van der Waals surface area contributed by atoms with Gasteiger partial charge in [-0.15, -0.1) is 0 Å². The molecule has 1 N–H and O–H groups in total. The number of fused-ring (bicyclic) bond motifs is 1. The van der Waals surface area contributed by atoms with Gasteiger partial charge in [-0.1, -0.05) is 49.4 Å². The standard InChI is InChI=1S/C17H16N/c1-2-13-7-9-14(10-8-13)11-15-12-18-17-6-4-3-5-16(15)17/h3-10,18H,2,11H2,1H3. The zero-order valence-corrected chi connectivity index (χ0v) is 10.5. The largest absolute Gasteiger partial charge is 0.353 e. The highest BCUT2D eigenvalue weighted by molar-refractivity contribution is 5.83. The number of nitrogens with one attached hydrogen (secondary N) is 1. The van der Waals surface area contributed by atoms with Crippen molar-refractivity contribution in [3.05, 3.63) is 71.4 Å². The molecule has 3 rings (SSSR count). The molecule has 3 aromatic rings. The molecule has 0 saturated heterocycles. The molecule has 0 atom stereocenters. The smallest absolute Gasteiger partial charge is 0.0669 e. The minimum absolute atomic E-state index is 0.938. The summed E-state index contributed by atoms with van der Waals surface area (Å²) < 4.78 is 0. The molecule has 0 aliphatic rings. The van der Waals surface area contributed by atoms with Gasteiger partial charge in [0, 0.05) is 17.3 Å². The van der Waals surface area contributed by atoms with Crippen LogP contribution in [0.4, 0.5) is 0 Å². The second kappa shape index (κ2) is 4.69. The van der Waals surface area contributed by atoms with Crippen LogP contribution in [0.1, 0.15) is 23.6 Å². The highest BCUT2D eigenvalue weighted by Crippen LogP contribution is 2.20. The van der Waals surface area contributed by atoms with Gasteiger partial charge in [0.15, 0.2) is 0 Å². The lowest BCUT2D eigenvalue weighted by Crippen LogP contribution is -1.88. The Balaban J connectivity index is 1.91. The van der Waals surface area contributed by atoms with Crippen LogP contribution in [0, 0.1) is 6.20 Å². The van der Waals surface area contributed by atoms with Gasteiger partial charge >= 0.3 is 0 Å². The molecule has 1 heterocycles. The van der Waals surface area contributed by atoms with E-state index in [4.69, 9.17) is 0 Å². The van der Waals surface area contributed by atoms with Crippen molar-refractivity contribution >= 4 is 10.9 Å². The topological polar surface area (TPSA) is 15.8 Å². The number of aromatic nitrogens is 1. The first kappa shape index (κ1) is 11.1. The first-order valence-corrected chi connectivity index (χ1v) is 6.42. The average molecular weight is 234 g/mol. The fourth-order valence-corrected chi connectivity index (χ4v) is 2.30. The van der Waals surface area contributed by atoms with E-state index in [1.54, 1.807) is 0 Å². The Morgan fingerprint density at radius 2 is 1.67 bits per heavy atom. The van der Waals surface area contributed by atoms with Crippen molar-refractivity contribution in [2.45, 2.75) is 19.8 Å². The molecule has 0 aliphatic heterocycles. The van der Waals surface area contributed by atoms with Gasteiger partial charge in [-0.3, -0.25) is 0 Å². The highest BCUT2D eigenvalue weighted by atomic mass is 14.7. The number of aryl methyl sites for hydroxylation is 1. The van der Waals surface area contributed by atoms with E-state index in [-0.39, 0.29) is 0 Å². The number of rotatable bonds is 3. The Morgan fingerprint density at radius 1 is 0.944 bits per heavy atom. The summed E-state index contributed by atoms with van der Waals surface area (Å²) >= 11 is 0. The first-order valence-electron chi connectivity index (χ1n) is 6.42. The van der Waals surface area contributed by atoms with Crippen LogP contribution in [0.15, 0.2) is 48.5 Å². The van der Waals surface area contributed by atoms with E-state index in [2.05, 4.69) is 60.6 Å². The van der Waals surface area contributed by atoms with Crippen LogP contribution in [0.3, 0.4) is 0 Å². The third-order valence-corrected chi connectivity index (χ3v) is 3.41. The van der Waals surface area contributed by atoms with Crippen LogP contribution in [-0.2, 0) is 12.8 Å². The van der Waals surface area contributed by atoms with Gasteiger partial charge in [0.2, 0.25) is 0 Å². The maximum Gasteiger partial charge on any atom is 0.0669 e. The predicted molar refractivity (Wildman–Crippen MR) is 75.8 cm³/mol. The van der Waals surface area contributed by atoms with Crippen molar-refractivity contribution in [1.29, 1.82) is 0 Å². The van der Waals surface area contributed by atoms with Crippen molar-refractivity contribution in [1.82, 2.24) is 4.98 Å². The lowest BCUT2D eigenvalue weighted by atomic mass is 10.0. The van der Waals surface area contributed by atoms with E-state index in [0.717, 1.165) is 18.4 Å². The summed E-state index contributed by atoms with van der Waals surface area (Å²) in [4.78, 5) is 3.21. The number of hydrogen-bond acceptors (Lipinski definition) is 0. The molecule has 18 heavy (non-hydrogen) atoms. The molecule has 0 saturated carbocycles. The second-order valence-corrected chi connectivity index (χ2v) is 4.62. The van der Waals surface area contributed by atoms with Gasteiger partial charge in [0.05, 0.1) is 6.20 Å². The molecule has 0 spiro atoms. The Labute approximate surface area is 107 Å². The zero-order chi connectivity index (χ0) is 12.4. The molecule has 0 bridgehead atoms. The van der Waals surface area contributed by atoms with E-state index < -0.39 is 0 Å². The van der Waals surface area contributed by atoms with Crippen LogP contribution >= 0.6 is 0 Å². The Bertz CT molecular complexity index is 647. The highest BCUT2D eigenvalue weighted by Gasteiger charge is 2.04. The van der Waals surface area contributed by atoms with Crippen molar-refractivity contribution in [2.75, 3.05) is 0 Å². The summed E-state index contributed by atoms with van der Waals surface area (Å²) in [5.41, 5.74) is 5.14. The van der Waals surface area contributed by atoms with Gasteiger partial charge in [-0.05, 0) is 29.2 Å². The Morgan fingerprint density at radius 3 is 2.44 bits per heavy atom. The van der Waals surface area contributed by atoms with E-state index >= 15 is 0 Å². The summed E-state index contributed by atoms with van der Waals surface area (Å²) in [6, 6.07) is 17.2. The van der Waals surface area contributed by atoms with Crippen molar-refractivity contribution in [3.8, 4) is 0 Å². The molecule has 1 aromatic heterocycles. The molecule has 0 amide bonds. The fourth-order valence-electron chi connectivity index (χ4n) is 2.30. The molecular weight excluding hydrogens is 218 g/mol. The lowest BCUT2D eigenvalue weighted by molar-refractivity contribution is 1.12. The number of aromatic amines is 1. The van der Waals surface area contributed by atoms with E-state index in [1.807, 2.05) is 6.07 Å². The predicted octanol–water partition coefficient (Wildman–Crippen LogP) is 4.12. The number of benzene rings is 2. The van der Waals surface area contributed by atoms with Crippen molar-refractivity contribution in [3.63, 3.8) is 0 Å². The molecule has 1 radical (unpaired) electrons. The Kier molecular flexibility index (Phi) is 2.89. The molecule has 2 aromatic carbocycles. The van der Waals surface area contributed by atoms with Crippen LogP contribution in [0.5, 0.6) is 0 Å². The molecule has 89 valence electrons. The first-order chi connectivity index (χ1) is 8.86. The van der Waals surface area contributed by atoms with Gasteiger partial charge in [-0.25, -0.2) is 0 Å². The van der Waals surface area contributed by atoms with E-state index in [0.29, 0.717) is 0 Å². The third kappa shape index (κ3) is 2.04. The van der Waals surface area contributed by atoms with Crippen molar-refractivity contribution < 1.29 is 0 Å². The summed E-state index contributed by atoms with van der Waals surface area (Å²) in [6.45, 7) is 2.18. The van der Waals surface area contributed by atoms with Crippen LogP contribution in [-0.4, -0.2) is 4.98 Å². The van der Waals surface area contributed by atoms with Gasteiger partial charge in [0.1, 0.15) is 0 Å². The molecule has 0 fully saturated rings. The van der Waals surface area contributed by atoms with E-state index in [1.165, 1.54) is 22.1 Å². The number of para-hydroxylation sites is 1. The number of hydrogen-bond donors (Lipinski definition) is 1. The van der Waals surface area contributed by atoms with Gasteiger partial charge in [0.25, 0.3) is 0 Å². The summed E-state index contributed by atoms with van der Waals surface area (Å²) in [5.74, 6) is 0. The maximum absolute atomic E-state index is 3.27. The quantitative estimate of drug-likeness (QED) is 0.701. The molecule has 1 nitrogen and oxygen atoms in total. The van der Waals surface area contributed by atoms with Crippen LogP contribution in [0.25, 0.3) is 10.9 Å². The molecule has 1 heteroatoms. The average Bonchev–Trinajstić information content (AvgIpc) is 2.83. The van der Waals surface area contributed by atoms with Crippen LogP contribution < -0.4 is 0 Å². The minimum Gasteiger partial charge on any atom is -0.353 e. The monoisotopic (exact) mass is 234 g/mol. The third-order valence-electron chi connectivity index (χ3n) is 3.41. The van der Waals surface area contributed by atoms with Gasteiger partial charge in [-0.2, -0.15) is 0 Å². The van der Waals surface area contributed by atoms with Crippen LogP contribution in [0.2, 0.25) is 0 Å². The number of H-pyrrole nitrogens is 1. The fraction of sp³-hybridized carbons (Fsp3) is 0.176. The minimum atomic E-state index is 0.938. The SMILES string of the molecule is CCc1ccc(Cc2[c][nH]c3ccccc23)cc1. The van der Waals surface area contributed by atoms with Crippen molar-refractivity contribution in [2.24, 2.45) is 0 Å². The zero-order valence-electron chi connectivity index (χ0n) is 10.5. The maximum atomic E-state index is 3.27. The second-order valence-electron chi connectivity index (χ2n) is 4.62. The summed E-state index contributed by atoms with van der Waals surface area (Å²) in [7, 11) is 0. The van der Waals surface area contributed by atoms with E-state index in [9.17, 15) is 0 Å². The molecule has 0 aliphatic carbocycles. The van der Waals surface area contributed by atoms with Gasteiger partial charge < -0.3 is 4.98 Å². The summed E-state index contributed by atoms with van der Waals surface area (Å²) in [5, 5.41) is 1.28.